The van der Waals surface area contributed by atoms with E-state index in [0.717, 1.165) is 0 Å². The molecule has 0 unspecified atom stereocenters. The van der Waals surface area contributed by atoms with Gasteiger partial charge >= 0.3 is 0 Å². The minimum absolute atomic E-state index is 0.119. The van der Waals surface area contributed by atoms with Crippen molar-refractivity contribution in [2.45, 2.75) is 0 Å². The summed E-state index contributed by atoms with van der Waals surface area (Å²) in [6, 6.07) is 6.61. The second-order valence-corrected chi connectivity index (χ2v) is 4.72. The van der Waals surface area contributed by atoms with Crippen molar-refractivity contribution in [2.24, 2.45) is 0 Å². The average Bonchev–Trinajstić information content (AvgIpc) is 2.48. The van der Waals surface area contributed by atoms with E-state index in [1.807, 2.05) is 0 Å². The Hall–Kier alpha value is -1.63. The molecule has 0 saturated heterocycles. The summed E-state index contributed by atoms with van der Waals surface area (Å²) >= 11 is 5.75. The van der Waals surface area contributed by atoms with Gasteiger partial charge in [-0.2, -0.15) is 0 Å². The van der Waals surface area contributed by atoms with Gasteiger partial charge in [-0.05, 0) is 24.3 Å². The van der Waals surface area contributed by atoms with Crippen molar-refractivity contribution in [3.05, 3.63) is 34.9 Å². The van der Waals surface area contributed by atoms with Gasteiger partial charge in [0.1, 0.15) is 0 Å². The molecule has 1 aromatic carbocycles. The number of hydrogen-bond acceptors (Lipinski definition) is 4. The molecule has 7 heteroatoms. The number of methoxy groups -OCH3 is 1. The highest BCUT2D eigenvalue weighted by molar-refractivity contribution is 6.30. The van der Waals surface area contributed by atoms with E-state index in [0.29, 0.717) is 36.8 Å². The number of carbonyl (C=O) groups is 2. The Morgan fingerprint density at radius 2 is 1.76 bits per heavy atom. The van der Waals surface area contributed by atoms with Crippen LogP contribution in [0.5, 0.6) is 0 Å². The quantitative estimate of drug-likeness (QED) is 0.577. The molecule has 0 bridgehead atoms. The van der Waals surface area contributed by atoms with Crippen molar-refractivity contribution in [3.63, 3.8) is 0 Å². The van der Waals surface area contributed by atoms with Gasteiger partial charge in [-0.1, -0.05) is 11.6 Å². The fourth-order valence-corrected chi connectivity index (χ4v) is 1.65. The summed E-state index contributed by atoms with van der Waals surface area (Å²) in [6.45, 7) is 2.16. The number of benzene rings is 1. The molecule has 2 amide bonds. The lowest BCUT2D eigenvalue weighted by molar-refractivity contribution is -0.120. The van der Waals surface area contributed by atoms with E-state index in [1.165, 1.54) is 0 Å². The van der Waals surface area contributed by atoms with Crippen molar-refractivity contribution >= 4 is 23.4 Å². The summed E-state index contributed by atoms with van der Waals surface area (Å²) < 4.78 is 4.85. The zero-order valence-electron chi connectivity index (χ0n) is 11.9. The molecule has 0 spiro atoms. The van der Waals surface area contributed by atoms with Gasteiger partial charge in [0.05, 0.1) is 13.2 Å². The second-order valence-electron chi connectivity index (χ2n) is 4.28. The van der Waals surface area contributed by atoms with Crippen LogP contribution in [0.2, 0.25) is 5.02 Å². The van der Waals surface area contributed by atoms with Crippen LogP contribution in [0.4, 0.5) is 0 Å². The molecule has 0 atom stereocenters. The molecule has 0 fully saturated rings. The number of nitrogens with one attached hydrogen (secondary N) is 3. The van der Waals surface area contributed by atoms with Gasteiger partial charge in [0.2, 0.25) is 5.91 Å². The number of ether oxygens (including phenoxy) is 1. The van der Waals surface area contributed by atoms with Crippen molar-refractivity contribution < 1.29 is 14.3 Å². The SMILES string of the molecule is COCCNCC(=O)NCCNC(=O)c1ccc(Cl)cc1. The highest BCUT2D eigenvalue weighted by Gasteiger charge is 2.04. The predicted octanol–water partition coefficient (Wildman–Crippen LogP) is 0.422. The molecule has 0 aromatic heterocycles. The van der Waals surface area contributed by atoms with Gasteiger partial charge in [0.25, 0.3) is 5.91 Å². The molecule has 0 heterocycles. The molecular formula is C14H20ClN3O3. The Bertz CT molecular complexity index is 451. The maximum absolute atomic E-state index is 11.8. The molecule has 3 N–H and O–H groups in total. The summed E-state index contributed by atoms with van der Waals surface area (Å²) in [5.41, 5.74) is 0.534. The monoisotopic (exact) mass is 313 g/mol. The normalized spacial score (nSPS) is 10.2. The summed E-state index contributed by atoms with van der Waals surface area (Å²) in [5.74, 6) is -0.314. The van der Waals surface area contributed by atoms with E-state index in [9.17, 15) is 9.59 Å². The standard InChI is InChI=1S/C14H20ClN3O3/c1-21-9-8-16-10-13(19)17-6-7-18-14(20)11-2-4-12(15)5-3-11/h2-5,16H,6-10H2,1H3,(H,17,19)(H,18,20). The first-order valence-corrected chi connectivity index (χ1v) is 7.01. The largest absolute Gasteiger partial charge is 0.383 e. The Labute approximate surface area is 129 Å². The Kier molecular flexibility index (Phi) is 8.42. The van der Waals surface area contributed by atoms with Crippen LogP contribution in [0.15, 0.2) is 24.3 Å². The molecule has 21 heavy (non-hydrogen) atoms. The van der Waals surface area contributed by atoms with Gasteiger partial charge in [0.15, 0.2) is 0 Å². The molecular weight excluding hydrogens is 294 g/mol. The zero-order valence-corrected chi connectivity index (χ0v) is 12.7. The minimum Gasteiger partial charge on any atom is -0.383 e. The highest BCUT2D eigenvalue weighted by Crippen LogP contribution is 2.08. The maximum Gasteiger partial charge on any atom is 0.251 e. The number of hydrogen-bond donors (Lipinski definition) is 3. The lowest BCUT2D eigenvalue weighted by Gasteiger charge is -2.08. The molecule has 0 aliphatic rings. The summed E-state index contributed by atoms with van der Waals surface area (Å²) in [6.07, 6.45) is 0. The fourth-order valence-electron chi connectivity index (χ4n) is 1.52. The van der Waals surface area contributed by atoms with Crippen molar-refractivity contribution in [1.29, 1.82) is 0 Å². The third-order valence-corrected chi connectivity index (χ3v) is 2.86. The second kappa shape index (κ2) is 10.1. The van der Waals surface area contributed by atoms with E-state index >= 15 is 0 Å². The predicted molar refractivity (Wildman–Crippen MR) is 81.5 cm³/mol. The van der Waals surface area contributed by atoms with Crippen LogP contribution in [-0.4, -0.2) is 51.7 Å². The summed E-state index contributed by atoms with van der Waals surface area (Å²) in [7, 11) is 1.60. The average molecular weight is 314 g/mol. The Balaban J connectivity index is 2.12. The third kappa shape index (κ3) is 7.65. The maximum atomic E-state index is 11.8. The smallest absolute Gasteiger partial charge is 0.251 e. The molecule has 6 nitrogen and oxygen atoms in total. The van der Waals surface area contributed by atoms with Crippen LogP contribution in [-0.2, 0) is 9.53 Å². The molecule has 0 aliphatic carbocycles. The van der Waals surface area contributed by atoms with Crippen LogP contribution in [0.3, 0.4) is 0 Å². The van der Waals surface area contributed by atoms with Crippen LogP contribution >= 0.6 is 11.6 Å². The molecule has 0 radical (unpaired) electrons. The Morgan fingerprint density at radius 1 is 1.10 bits per heavy atom. The zero-order chi connectivity index (χ0) is 15.5. The van der Waals surface area contributed by atoms with Gasteiger partial charge in [0, 0.05) is 37.3 Å². The molecule has 1 rings (SSSR count). The Morgan fingerprint density at radius 3 is 2.43 bits per heavy atom. The van der Waals surface area contributed by atoms with E-state index in [1.54, 1.807) is 31.4 Å². The molecule has 1 aromatic rings. The van der Waals surface area contributed by atoms with Crippen LogP contribution in [0.1, 0.15) is 10.4 Å². The van der Waals surface area contributed by atoms with Crippen LogP contribution < -0.4 is 16.0 Å². The number of carbonyl (C=O) groups excluding carboxylic acids is 2. The minimum atomic E-state index is -0.195. The van der Waals surface area contributed by atoms with Crippen molar-refractivity contribution in [1.82, 2.24) is 16.0 Å². The lowest BCUT2D eigenvalue weighted by Crippen LogP contribution is -2.39. The summed E-state index contributed by atoms with van der Waals surface area (Å²) in [5, 5.41) is 8.92. The van der Waals surface area contributed by atoms with E-state index in [2.05, 4.69) is 16.0 Å². The number of halogens is 1. The fraction of sp³-hybridized carbons (Fsp3) is 0.429. The van der Waals surface area contributed by atoms with Gasteiger partial charge in [-0.3, -0.25) is 9.59 Å². The van der Waals surface area contributed by atoms with Crippen molar-refractivity contribution in [3.8, 4) is 0 Å². The molecule has 116 valence electrons. The molecule has 0 saturated carbocycles. The van der Waals surface area contributed by atoms with Gasteiger partial charge in [-0.15, -0.1) is 0 Å². The molecule has 0 aliphatic heterocycles. The summed E-state index contributed by atoms with van der Waals surface area (Å²) in [4.78, 5) is 23.2. The van der Waals surface area contributed by atoms with Crippen LogP contribution in [0.25, 0.3) is 0 Å². The number of amides is 2. The highest BCUT2D eigenvalue weighted by atomic mass is 35.5. The van der Waals surface area contributed by atoms with Gasteiger partial charge < -0.3 is 20.7 Å². The van der Waals surface area contributed by atoms with Crippen LogP contribution in [0, 0.1) is 0 Å². The van der Waals surface area contributed by atoms with Gasteiger partial charge in [-0.25, -0.2) is 0 Å². The van der Waals surface area contributed by atoms with E-state index < -0.39 is 0 Å². The lowest BCUT2D eigenvalue weighted by atomic mass is 10.2. The van der Waals surface area contributed by atoms with E-state index in [4.69, 9.17) is 16.3 Å². The third-order valence-electron chi connectivity index (χ3n) is 2.61. The van der Waals surface area contributed by atoms with E-state index in [-0.39, 0.29) is 18.4 Å². The van der Waals surface area contributed by atoms with Crippen molar-refractivity contribution in [2.75, 3.05) is 39.9 Å². The number of rotatable bonds is 9. The first-order chi connectivity index (χ1) is 10.1. The first-order valence-electron chi connectivity index (χ1n) is 6.63. The topological polar surface area (TPSA) is 79.5 Å². The first kappa shape index (κ1) is 17.4.